The Bertz CT molecular complexity index is 423. The van der Waals surface area contributed by atoms with Crippen LogP contribution >= 0.6 is 23.2 Å². The lowest BCUT2D eigenvalue weighted by Crippen LogP contribution is -2.07. The summed E-state index contributed by atoms with van der Waals surface area (Å²) in [5.74, 6) is 0. The molecule has 1 aromatic rings. The molecule has 0 bridgehead atoms. The van der Waals surface area contributed by atoms with Crippen molar-refractivity contribution in [1.29, 1.82) is 0 Å². The number of hydrogen-bond donors (Lipinski definition) is 0. The fourth-order valence-electron chi connectivity index (χ4n) is 0.954. The van der Waals surface area contributed by atoms with Gasteiger partial charge < -0.3 is 4.90 Å². The Morgan fingerprint density at radius 2 is 1.88 bits per heavy atom. The average Bonchev–Trinajstić information content (AvgIpc) is 2.15. The van der Waals surface area contributed by atoms with E-state index in [0.29, 0.717) is 5.69 Å². The van der Waals surface area contributed by atoms with E-state index >= 15 is 0 Å². The monoisotopic (exact) mass is 261 g/mol. The van der Waals surface area contributed by atoms with Crippen molar-refractivity contribution in [2.24, 2.45) is 4.99 Å². The number of halogens is 2. The molecule has 1 aromatic carbocycles. The fraction of sp³-hybridized carbons (Fsp3) is 0.222. The van der Waals surface area contributed by atoms with Crippen LogP contribution in [0.3, 0.4) is 0 Å². The van der Waals surface area contributed by atoms with E-state index in [4.69, 9.17) is 23.2 Å². The number of hydrogen-bond acceptors (Lipinski definition) is 3. The number of nitrogens with zero attached hydrogens (tertiary/aromatic N) is 3. The first-order valence-electron chi connectivity index (χ1n) is 4.26. The molecule has 0 saturated carbocycles. The van der Waals surface area contributed by atoms with Crippen molar-refractivity contribution in [3.05, 3.63) is 32.3 Å². The average molecular weight is 262 g/mol. The molecule has 0 heterocycles. The predicted molar refractivity (Wildman–Crippen MR) is 65.0 cm³/mol. The number of nitro groups is 1. The van der Waals surface area contributed by atoms with Crippen molar-refractivity contribution >= 4 is 40.9 Å². The summed E-state index contributed by atoms with van der Waals surface area (Å²) in [6, 6.07) is 2.44. The zero-order valence-corrected chi connectivity index (χ0v) is 10.2. The highest BCUT2D eigenvalue weighted by Crippen LogP contribution is 2.36. The van der Waals surface area contributed by atoms with Gasteiger partial charge in [-0.2, -0.15) is 0 Å². The minimum atomic E-state index is -0.558. The van der Waals surface area contributed by atoms with Crippen LogP contribution in [0.15, 0.2) is 17.1 Å². The molecule has 0 radical (unpaired) electrons. The molecule has 0 atom stereocenters. The topological polar surface area (TPSA) is 58.7 Å². The van der Waals surface area contributed by atoms with Crippen LogP contribution in [-0.4, -0.2) is 30.3 Å². The van der Waals surface area contributed by atoms with Crippen LogP contribution in [0, 0.1) is 10.1 Å². The smallest absolute Gasteiger partial charge is 0.272 e. The lowest BCUT2D eigenvalue weighted by atomic mass is 10.3. The Labute approximate surface area is 102 Å². The minimum absolute atomic E-state index is 0.150. The summed E-state index contributed by atoms with van der Waals surface area (Å²) in [5, 5.41) is 10.8. The second-order valence-electron chi connectivity index (χ2n) is 3.22. The van der Waals surface area contributed by atoms with E-state index in [-0.39, 0.29) is 15.7 Å². The summed E-state index contributed by atoms with van der Waals surface area (Å²) in [6.45, 7) is 0. The summed E-state index contributed by atoms with van der Waals surface area (Å²) in [6.07, 6.45) is 1.51. The lowest BCUT2D eigenvalue weighted by Gasteiger charge is -2.05. The Morgan fingerprint density at radius 3 is 2.25 bits per heavy atom. The number of non-ortho nitro benzene ring substituents is 1. The van der Waals surface area contributed by atoms with Gasteiger partial charge in [0.2, 0.25) is 0 Å². The Balaban J connectivity index is 3.18. The normalized spacial score (nSPS) is 10.8. The van der Waals surface area contributed by atoms with Gasteiger partial charge in [0.25, 0.3) is 5.69 Å². The molecule has 86 valence electrons. The van der Waals surface area contributed by atoms with Gasteiger partial charge >= 0.3 is 0 Å². The first-order chi connectivity index (χ1) is 7.41. The number of nitro benzene ring substituents is 1. The van der Waals surface area contributed by atoms with Gasteiger partial charge in [-0.3, -0.25) is 10.1 Å². The van der Waals surface area contributed by atoms with Crippen molar-refractivity contribution in [2.75, 3.05) is 14.1 Å². The van der Waals surface area contributed by atoms with Crippen molar-refractivity contribution in [2.45, 2.75) is 0 Å². The van der Waals surface area contributed by atoms with Gasteiger partial charge in [-0.05, 0) is 0 Å². The number of aliphatic imine (C=N–C) groups is 1. The maximum atomic E-state index is 10.5. The van der Waals surface area contributed by atoms with Crippen LogP contribution in [0.5, 0.6) is 0 Å². The van der Waals surface area contributed by atoms with E-state index in [0.717, 1.165) is 0 Å². The third-order valence-corrected chi connectivity index (χ3v) is 2.21. The third kappa shape index (κ3) is 3.08. The second-order valence-corrected chi connectivity index (χ2v) is 4.04. The van der Waals surface area contributed by atoms with Crippen molar-refractivity contribution in [1.82, 2.24) is 4.90 Å². The van der Waals surface area contributed by atoms with Crippen molar-refractivity contribution in [3.63, 3.8) is 0 Å². The first kappa shape index (κ1) is 12.7. The first-order valence-corrected chi connectivity index (χ1v) is 5.01. The standard InChI is InChI=1S/C9H9Cl2N3O2/c1-13(2)5-12-9-7(10)3-6(14(15)16)4-8(9)11/h3-5H,1-2H3/b12-5-. The van der Waals surface area contributed by atoms with Gasteiger partial charge in [-0.15, -0.1) is 0 Å². The van der Waals surface area contributed by atoms with E-state index < -0.39 is 4.92 Å². The Hall–Kier alpha value is -1.33. The summed E-state index contributed by atoms with van der Waals surface area (Å²) in [7, 11) is 3.58. The number of benzene rings is 1. The van der Waals surface area contributed by atoms with Gasteiger partial charge in [0.1, 0.15) is 5.69 Å². The van der Waals surface area contributed by atoms with Crippen LogP contribution in [0.1, 0.15) is 0 Å². The van der Waals surface area contributed by atoms with Crippen LogP contribution in [-0.2, 0) is 0 Å². The van der Waals surface area contributed by atoms with Crippen LogP contribution in [0.25, 0.3) is 0 Å². The Morgan fingerprint density at radius 1 is 1.38 bits per heavy atom. The zero-order valence-electron chi connectivity index (χ0n) is 8.65. The van der Waals surface area contributed by atoms with Gasteiger partial charge in [-0.1, -0.05) is 23.2 Å². The lowest BCUT2D eigenvalue weighted by molar-refractivity contribution is -0.384. The summed E-state index contributed by atoms with van der Waals surface area (Å²) >= 11 is 11.7. The third-order valence-electron chi connectivity index (χ3n) is 1.63. The molecule has 0 N–H and O–H groups in total. The van der Waals surface area contributed by atoms with E-state index in [9.17, 15) is 10.1 Å². The van der Waals surface area contributed by atoms with Crippen LogP contribution in [0.2, 0.25) is 10.0 Å². The molecule has 1 rings (SSSR count). The minimum Gasteiger partial charge on any atom is -0.369 e. The molecule has 0 saturated heterocycles. The molecule has 0 aliphatic heterocycles. The Kier molecular flexibility index (Phi) is 4.09. The molecule has 5 nitrogen and oxygen atoms in total. The zero-order chi connectivity index (χ0) is 12.3. The highest BCUT2D eigenvalue weighted by molar-refractivity contribution is 6.39. The van der Waals surface area contributed by atoms with Gasteiger partial charge in [0, 0.05) is 26.2 Å². The maximum Gasteiger partial charge on any atom is 0.272 e. The van der Waals surface area contributed by atoms with E-state index in [2.05, 4.69) is 4.99 Å². The molecule has 0 spiro atoms. The SMILES string of the molecule is CN(C)/C=N\c1c(Cl)cc([N+](=O)[O-])cc1Cl. The van der Waals surface area contributed by atoms with E-state index in [1.54, 1.807) is 19.0 Å². The molecule has 16 heavy (non-hydrogen) atoms. The van der Waals surface area contributed by atoms with E-state index in [1.807, 2.05) is 0 Å². The summed E-state index contributed by atoms with van der Waals surface area (Å²) in [5.41, 5.74) is 0.168. The van der Waals surface area contributed by atoms with Gasteiger partial charge in [-0.25, -0.2) is 4.99 Å². The highest BCUT2D eigenvalue weighted by Gasteiger charge is 2.13. The molecule has 7 heteroatoms. The molecular weight excluding hydrogens is 253 g/mol. The quantitative estimate of drug-likeness (QED) is 0.364. The van der Waals surface area contributed by atoms with Crippen molar-refractivity contribution < 1.29 is 4.92 Å². The van der Waals surface area contributed by atoms with E-state index in [1.165, 1.54) is 18.5 Å². The molecule has 0 unspecified atom stereocenters. The maximum absolute atomic E-state index is 10.5. The fourth-order valence-corrected chi connectivity index (χ4v) is 1.53. The molecule has 0 aliphatic rings. The number of rotatable bonds is 3. The molecule has 0 amide bonds. The van der Waals surface area contributed by atoms with Gasteiger partial charge in [0.05, 0.1) is 21.3 Å². The highest BCUT2D eigenvalue weighted by atomic mass is 35.5. The van der Waals surface area contributed by atoms with Crippen LogP contribution in [0.4, 0.5) is 11.4 Å². The molecule has 0 aliphatic carbocycles. The summed E-state index contributed by atoms with van der Waals surface area (Å²) in [4.78, 5) is 15.7. The summed E-state index contributed by atoms with van der Waals surface area (Å²) < 4.78 is 0. The second kappa shape index (κ2) is 5.14. The van der Waals surface area contributed by atoms with Gasteiger partial charge in [0.15, 0.2) is 0 Å². The van der Waals surface area contributed by atoms with Crippen molar-refractivity contribution in [3.8, 4) is 0 Å². The molecular formula is C9H9Cl2N3O2. The molecule has 0 aromatic heterocycles. The molecule has 0 fully saturated rings. The van der Waals surface area contributed by atoms with Crippen LogP contribution < -0.4 is 0 Å². The predicted octanol–water partition coefficient (Wildman–Crippen LogP) is 3.12. The largest absolute Gasteiger partial charge is 0.369 e.